The van der Waals surface area contributed by atoms with Crippen molar-refractivity contribution in [3.63, 3.8) is 0 Å². The first kappa shape index (κ1) is 22.3. The number of phenols is 1. The second-order valence-corrected chi connectivity index (χ2v) is 7.61. The molecule has 32 heavy (non-hydrogen) atoms. The molecule has 10 heteroatoms. The molecular formula is C22H24O10. The predicted octanol–water partition coefficient (Wildman–Crippen LogP) is 0.286. The van der Waals surface area contributed by atoms with Crippen molar-refractivity contribution in [1.29, 1.82) is 0 Å². The molecular weight excluding hydrogens is 424 g/mol. The van der Waals surface area contributed by atoms with E-state index in [-0.39, 0.29) is 35.0 Å². The number of para-hydroxylation sites is 1. The van der Waals surface area contributed by atoms with Crippen LogP contribution < -0.4 is 14.2 Å². The summed E-state index contributed by atoms with van der Waals surface area (Å²) < 4.78 is 22.3. The topological polar surface area (TPSA) is 155 Å². The van der Waals surface area contributed by atoms with Crippen LogP contribution in [0, 0.1) is 0 Å². The lowest BCUT2D eigenvalue weighted by atomic mass is 9.95. The Morgan fingerprint density at radius 3 is 2.56 bits per heavy atom. The van der Waals surface area contributed by atoms with Crippen molar-refractivity contribution in [3.8, 4) is 23.0 Å². The Bertz CT molecular complexity index is 991. The fraction of sp³-hybridized carbons (Fsp3) is 0.409. The van der Waals surface area contributed by atoms with Crippen molar-refractivity contribution < 1.29 is 49.3 Å². The number of aliphatic hydroxyl groups excluding tert-OH is 4. The maximum atomic E-state index is 12.7. The van der Waals surface area contributed by atoms with Crippen molar-refractivity contribution in [3.05, 3.63) is 47.5 Å². The lowest BCUT2D eigenvalue weighted by Crippen LogP contribution is -2.60. The molecule has 1 fully saturated rings. The average molecular weight is 448 g/mol. The fourth-order valence-corrected chi connectivity index (χ4v) is 3.85. The molecule has 2 aliphatic rings. The van der Waals surface area contributed by atoms with Gasteiger partial charge < -0.3 is 44.5 Å². The highest BCUT2D eigenvalue weighted by Crippen LogP contribution is 2.43. The average Bonchev–Trinajstić information content (AvgIpc) is 2.79. The zero-order valence-electron chi connectivity index (χ0n) is 17.1. The third-order valence-electron chi connectivity index (χ3n) is 5.57. The first-order chi connectivity index (χ1) is 15.3. The number of carbonyl (C=O) groups excluding carboxylic acids is 1. The molecule has 5 N–H and O–H groups in total. The SMILES string of the molecule is COc1cc(O)c2c(c1)OC(c1ccccc1OC1OC(CO)C(O)C(O)C1O)CC2=O. The van der Waals surface area contributed by atoms with Crippen molar-refractivity contribution in [2.75, 3.05) is 13.7 Å². The number of benzene rings is 2. The number of phenolic OH excluding ortho intramolecular Hbond substituents is 1. The zero-order chi connectivity index (χ0) is 23.0. The van der Waals surface area contributed by atoms with Gasteiger partial charge in [0.05, 0.1) is 20.1 Å². The van der Waals surface area contributed by atoms with Crippen LogP contribution in [0.1, 0.15) is 28.4 Å². The van der Waals surface area contributed by atoms with E-state index in [1.807, 2.05) is 0 Å². The number of aromatic hydroxyl groups is 1. The van der Waals surface area contributed by atoms with E-state index < -0.39 is 43.4 Å². The summed E-state index contributed by atoms with van der Waals surface area (Å²) in [5.41, 5.74) is 0.528. The molecule has 6 unspecified atom stereocenters. The number of fused-ring (bicyclic) bond motifs is 1. The number of methoxy groups -OCH3 is 1. The lowest BCUT2D eigenvalue weighted by Gasteiger charge is -2.40. The van der Waals surface area contributed by atoms with Crippen LogP contribution in [0.3, 0.4) is 0 Å². The van der Waals surface area contributed by atoms with Crippen LogP contribution in [0.25, 0.3) is 0 Å². The highest BCUT2D eigenvalue weighted by molar-refractivity contribution is 6.02. The summed E-state index contributed by atoms with van der Waals surface area (Å²) in [5.74, 6) is 0.115. The van der Waals surface area contributed by atoms with Gasteiger partial charge in [0.2, 0.25) is 6.29 Å². The van der Waals surface area contributed by atoms with Gasteiger partial charge in [-0.25, -0.2) is 0 Å². The second-order valence-electron chi connectivity index (χ2n) is 7.61. The van der Waals surface area contributed by atoms with Crippen molar-refractivity contribution in [2.24, 2.45) is 0 Å². The van der Waals surface area contributed by atoms with Gasteiger partial charge in [-0.1, -0.05) is 18.2 Å². The number of hydrogen-bond acceptors (Lipinski definition) is 10. The van der Waals surface area contributed by atoms with Gasteiger partial charge in [0.15, 0.2) is 5.78 Å². The van der Waals surface area contributed by atoms with Crippen LogP contribution in [0.4, 0.5) is 0 Å². The Morgan fingerprint density at radius 1 is 1.09 bits per heavy atom. The highest BCUT2D eigenvalue weighted by Gasteiger charge is 2.45. The van der Waals surface area contributed by atoms with E-state index in [4.69, 9.17) is 18.9 Å². The van der Waals surface area contributed by atoms with E-state index in [0.29, 0.717) is 11.3 Å². The van der Waals surface area contributed by atoms with Gasteiger partial charge in [-0.15, -0.1) is 0 Å². The van der Waals surface area contributed by atoms with Crippen LogP contribution in [0.2, 0.25) is 0 Å². The Morgan fingerprint density at radius 2 is 1.84 bits per heavy atom. The molecule has 0 spiro atoms. The van der Waals surface area contributed by atoms with E-state index in [1.54, 1.807) is 24.3 Å². The first-order valence-electron chi connectivity index (χ1n) is 10.0. The molecule has 4 rings (SSSR count). The molecule has 0 aliphatic carbocycles. The summed E-state index contributed by atoms with van der Waals surface area (Å²) in [6.45, 7) is -0.588. The standard InChI is InChI=1S/C22H24O10/c1-29-10-6-12(24)18-13(25)8-15(30-16(18)7-10)11-4-2-3-5-14(11)31-22-21(28)20(27)19(26)17(9-23)32-22/h2-7,15,17,19-24,26-28H,8-9H2,1H3. The Hall–Kier alpha value is -2.89. The minimum atomic E-state index is -1.59. The molecule has 2 aliphatic heterocycles. The molecule has 0 aromatic heterocycles. The summed E-state index contributed by atoms with van der Waals surface area (Å²) in [4.78, 5) is 12.7. The van der Waals surface area contributed by atoms with Crippen LogP contribution in [0.15, 0.2) is 36.4 Å². The fourth-order valence-electron chi connectivity index (χ4n) is 3.85. The van der Waals surface area contributed by atoms with Crippen LogP contribution in [-0.4, -0.2) is 75.7 Å². The largest absolute Gasteiger partial charge is 0.507 e. The Balaban J connectivity index is 1.62. The van der Waals surface area contributed by atoms with Gasteiger partial charge in [-0.2, -0.15) is 0 Å². The molecule has 2 aromatic rings. The zero-order valence-corrected chi connectivity index (χ0v) is 17.1. The lowest BCUT2D eigenvalue weighted by molar-refractivity contribution is -0.277. The van der Waals surface area contributed by atoms with Gasteiger partial charge in [0.1, 0.15) is 59.1 Å². The molecule has 6 atom stereocenters. The van der Waals surface area contributed by atoms with E-state index in [0.717, 1.165) is 0 Å². The minimum absolute atomic E-state index is 0.0642. The minimum Gasteiger partial charge on any atom is -0.507 e. The van der Waals surface area contributed by atoms with Gasteiger partial charge in [0.25, 0.3) is 0 Å². The third kappa shape index (κ3) is 3.98. The summed E-state index contributed by atoms with van der Waals surface area (Å²) in [5, 5.41) is 49.8. The number of ether oxygens (including phenoxy) is 4. The number of aliphatic hydroxyl groups is 4. The summed E-state index contributed by atoms with van der Waals surface area (Å²) in [7, 11) is 1.42. The monoisotopic (exact) mass is 448 g/mol. The van der Waals surface area contributed by atoms with Gasteiger partial charge >= 0.3 is 0 Å². The molecule has 2 aromatic carbocycles. The maximum Gasteiger partial charge on any atom is 0.229 e. The molecule has 1 saturated heterocycles. The van der Waals surface area contributed by atoms with Gasteiger partial charge in [0, 0.05) is 17.7 Å². The number of rotatable bonds is 5. The van der Waals surface area contributed by atoms with Crippen molar-refractivity contribution in [1.82, 2.24) is 0 Å². The maximum absolute atomic E-state index is 12.7. The summed E-state index contributed by atoms with van der Waals surface area (Å²) >= 11 is 0. The predicted molar refractivity (Wildman–Crippen MR) is 108 cm³/mol. The number of ketones is 1. The van der Waals surface area contributed by atoms with Crippen LogP contribution in [-0.2, 0) is 4.74 Å². The second kappa shape index (κ2) is 8.93. The normalized spacial score (nSPS) is 29.7. The first-order valence-corrected chi connectivity index (χ1v) is 10.0. The quantitative estimate of drug-likeness (QED) is 0.431. The van der Waals surface area contributed by atoms with E-state index >= 15 is 0 Å². The summed E-state index contributed by atoms with van der Waals surface area (Å²) in [6.07, 6.45) is -8.05. The van der Waals surface area contributed by atoms with E-state index in [9.17, 15) is 30.3 Å². The molecule has 0 radical (unpaired) electrons. The molecule has 172 valence electrons. The third-order valence-corrected chi connectivity index (χ3v) is 5.57. The molecule has 2 heterocycles. The smallest absolute Gasteiger partial charge is 0.229 e. The molecule has 0 bridgehead atoms. The number of Topliss-reactive ketones (excluding diaryl/α,β-unsaturated/α-hetero) is 1. The van der Waals surface area contributed by atoms with Crippen LogP contribution >= 0.6 is 0 Å². The summed E-state index contributed by atoms with van der Waals surface area (Å²) in [6, 6.07) is 9.44. The van der Waals surface area contributed by atoms with Gasteiger partial charge in [-0.05, 0) is 6.07 Å². The van der Waals surface area contributed by atoms with E-state index in [1.165, 1.54) is 19.2 Å². The van der Waals surface area contributed by atoms with E-state index in [2.05, 4.69) is 0 Å². The number of carbonyl (C=O) groups is 1. The Kier molecular flexibility index (Phi) is 6.22. The van der Waals surface area contributed by atoms with Crippen LogP contribution in [0.5, 0.6) is 23.0 Å². The van der Waals surface area contributed by atoms with Gasteiger partial charge in [-0.3, -0.25) is 4.79 Å². The van der Waals surface area contributed by atoms with Crippen molar-refractivity contribution in [2.45, 2.75) is 43.2 Å². The molecule has 10 nitrogen and oxygen atoms in total. The molecule has 0 amide bonds. The van der Waals surface area contributed by atoms with Crippen molar-refractivity contribution >= 4 is 5.78 Å². The Labute approximate surface area is 183 Å². The number of hydrogen-bond donors (Lipinski definition) is 5. The molecule has 0 saturated carbocycles. The highest BCUT2D eigenvalue weighted by atomic mass is 16.7.